The number of hydrogen-bond donors (Lipinski definition) is 1. The number of halogens is 1. The van der Waals surface area contributed by atoms with Crippen LogP contribution in [0.5, 0.6) is 0 Å². The molecule has 1 N–H and O–H groups in total. The van der Waals surface area contributed by atoms with Gasteiger partial charge in [0.2, 0.25) is 5.91 Å². The Kier molecular flexibility index (Phi) is 6.16. The van der Waals surface area contributed by atoms with Crippen LogP contribution in [0.4, 0.5) is 5.69 Å². The van der Waals surface area contributed by atoms with Gasteiger partial charge < -0.3 is 5.32 Å². The number of aromatic nitrogens is 3. The fourth-order valence-corrected chi connectivity index (χ4v) is 3.96. The van der Waals surface area contributed by atoms with Crippen molar-refractivity contribution in [2.45, 2.75) is 12.1 Å². The maximum absolute atomic E-state index is 12.5. The summed E-state index contributed by atoms with van der Waals surface area (Å²) in [6.45, 7) is 1.96. The summed E-state index contributed by atoms with van der Waals surface area (Å²) in [7, 11) is 0. The molecule has 150 valence electrons. The first-order chi connectivity index (χ1) is 14.6. The molecule has 0 saturated heterocycles. The largest absolute Gasteiger partial charge is 0.325 e. The summed E-state index contributed by atoms with van der Waals surface area (Å²) >= 11 is 7.52. The number of carbonyl (C=O) groups excluding carboxylic acids is 1. The third-order valence-corrected chi connectivity index (χ3v) is 5.65. The van der Waals surface area contributed by atoms with Crippen LogP contribution in [-0.4, -0.2) is 26.4 Å². The van der Waals surface area contributed by atoms with E-state index in [1.54, 1.807) is 0 Å². The molecule has 0 unspecified atom stereocenters. The first-order valence-electron chi connectivity index (χ1n) is 9.37. The van der Waals surface area contributed by atoms with Crippen molar-refractivity contribution < 1.29 is 4.79 Å². The van der Waals surface area contributed by atoms with E-state index < -0.39 is 0 Å². The third kappa shape index (κ3) is 4.56. The van der Waals surface area contributed by atoms with Gasteiger partial charge in [0.25, 0.3) is 0 Å². The molecular formula is C23H19ClN4OS. The molecule has 0 bridgehead atoms. The Labute approximate surface area is 184 Å². The monoisotopic (exact) mass is 434 g/mol. The standard InChI is InChI=1S/C23H19ClN4OS/c1-16-8-5-6-13-20(16)25-21(29)15-30-23-27-26-22(17-9-7-10-18(24)14-17)28(23)19-11-3-2-4-12-19/h2-14H,15H2,1H3,(H,25,29). The fraction of sp³-hybridized carbons (Fsp3) is 0.0870. The number of hydrogen-bond acceptors (Lipinski definition) is 4. The highest BCUT2D eigenvalue weighted by molar-refractivity contribution is 7.99. The highest BCUT2D eigenvalue weighted by Crippen LogP contribution is 2.29. The Morgan fingerprint density at radius 3 is 2.53 bits per heavy atom. The lowest BCUT2D eigenvalue weighted by Gasteiger charge is -2.11. The number of thioether (sulfide) groups is 1. The Bertz CT molecular complexity index is 1180. The Morgan fingerprint density at radius 1 is 1.00 bits per heavy atom. The predicted octanol–water partition coefficient (Wildman–Crippen LogP) is 5.63. The predicted molar refractivity (Wildman–Crippen MR) is 122 cm³/mol. The summed E-state index contributed by atoms with van der Waals surface area (Å²) in [4.78, 5) is 12.5. The molecule has 0 aliphatic rings. The summed E-state index contributed by atoms with van der Waals surface area (Å²) in [6, 6.07) is 25.0. The smallest absolute Gasteiger partial charge is 0.234 e. The van der Waals surface area contributed by atoms with Gasteiger partial charge in [-0.15, -0.1) is 10.2 Å². The van der Waals surface area contributed by atoms with Gasteiger partial charge in [0, 0.05) is 22.0 Å². The van der Waals surface area contributed by atoms with Crippen molar-refractivity contribution in [3.05, 3.63) is 89.4 Å². The van der Waals surface area contributed by atoms with Gasteiger partial charge >= 0.3 is 0 Å². The number of para-hydroxylation sites is 2. The molecule has 0 fully saturated rings. The molecule has 5 nitrogen and oxygen atoms in total. The Morgan fingerprint density at radius 2 is 1.77 bits per heavy atom. The van der Waals surface area contributed by atoms with E-state index in [1.807, 2.05) is 90.4 Å². The molecular weight excluding hydrogens is 416 g/mol. The van der Waals surface area contributed by atoms with Crippen LogP contribution in [0.15, 0.2) is 84.0 Å². The van der Waals surface area contributed by atoms with Crippen molar-refractivity contribution in [1.29, 1.82) is 0 Å². The van der Waals surface area contributed by atoms with Crippen molar-refractivity contribution in [3.63, 3.8) is 0 Å². The van der Waals surface area contributed by atoms with Crippen LogP contribution in [0, 0.1) is 6.92 Å². The van der Waals surface area contributed by atoms with Crippen molar-refractivity contribution >= 4 is 35.0 Å². The summed E-state index contributed by atoms with van der Waals surface area (Å²) in [6.07, 6.45) is 0. The van der Waals surface area contributed by atoms with Crippen LogP contribution >= 0.6 is 23.4 Å². The molecule has 1 heterocycles. The van der Waals surface area contributed by atoms with Gasteiger partial charge in [0.15, 0.2) is 11.0 Å². The minimum absolute atomic E-state index is 0.0961. The molecule has 1 amide bonds. The van der Waals surface area contributed by atoms with Crippen molar-refractivity contribution in [3.8, 4) is 17.1 Å². The summed E-state index contributed by atoms with van der Waals surface area (Å²) in [5.74, 6) is 0.793. The molecule has 30 heavy (non-hydrogen) atoms. The maximum Gasteiger partial charge on any atom is 0.234 e. The molecule has 1 aromatic heterocycles. The van der Waals surface area contributed by atoms with E-state index >= 15 is 0 Å². The van der Waals surface area contributed by atoms with Gasteiger partial charge in [0.05, 0.1) is 5.75 Å². The first-order valence-corrected chi connectivity index (χ1v) is 10.7. The maximum atomic E-state index is 12.5. The minimum Gasteiger partial charge on any atom is -0.325 e. The molecule has 0 aliphatic heterocycles. The number of aryl methyl sites for hydroxylation is 1. The lowest BCUT2D eigenvalue weighted by atomic mass is 10.2. The number of amides is 1. The lowest BCUT2D eigenvalue weighted by Crippen LogP contribution is -2.15. The Hall–Kier alpha value is -3.09. The number of carbonyl (C=O) groups is 1. The summed E-state index contributed by atoms with van der Waals surface area (Å²) in [5.41, 5.74) is 3.60. The highest BCUT2D eigenvalue weighted by atomic mass is 35.5. The average Bonchev–Trinajstić information content (AvgIpc) is 3.18. The van der Waals surface area contributed by atoms with Crippen molar-refractivity contribution in [2.75, 3.05) is 11.1 Å². The topological polar surface area (TPSA) is 59.8 Å². The van der Waals surface area contributed by atoms with Crippen LogP contribution in [0.25, 0.3) is 17.1 Å². The number of rotatable bonds is 6. The van der Waals surface area contributed by atoms with Gasteiger partial charge in [-0.2, -0.15) is 0 Å². The van der Waals surface area contributed by atoms with E-state index in [-0.39, 0.29) is 11.7 Å². The zero-order valence-electron chi connectivity index (χ0n) is 16.2. The first kappa shape index (κ1) is 20.2. The second-order valence-electron chi connectivity index (χ2n) is 6.64. The quantitative estimate of drug-likeness (QED) is 0.400. The average molecular weight is 435 g/mol. The van der Waals surface area contributed by atoms with E-state index in [2.05, 4.69) is 15.5 Å². The molecule has 0 aliphatic carbocycles. The van der Waals surface area contributed by atoms with Gasteiger partial charge in [-0.25, -0.2) is 0 Å². The van der Waals surface area contributed by atoms with Crippen LogP contribution < -0.4 is 5.32 Å². The van der Waals surface area contributed by atoms with E-state index in [9.17, 15) is 4.79 Å². The number of nitrogens with zero attached hydrogens (tertiary/aromatic N) is 3. The van der Waals surface area contributed by atoms with Crippen molar-refractivity contribution in [1.82, 2.24) is 14.8 Å². The molecule has 0 radical (unpaired) electrons. The molecule has 0 spiro atoms. The summed E-state index contributed by atoms with van der Waals surface area (Å²) in [5, 5.41) is 12.9. The van der Waals surface area contributed by atoms with Crippen LogP contribution in [0.1, 0.15) is 5.56 Å². The Balaban J connectivity index is 1.60. The van der Waals surface area contributed by atoms with Crippen LogP contribution in [0.2, 0.25) is 5.02 Å². The second-order valence-corrected chi connectivity index (χ2v) is 8.02. The zero-order chi connectivity index (χ0) is 20.9. The third-order valence-electron chi connectivity index (χ3n) is 4.48. The number of anilines is 1. The van der Waals surface area contributed by atoms with Crippen LogP contribution in [0.3, 0.4) is 0 Å². The fourth-order valence-electron chi connectivity index (χ4n) is 3.02. The molecule has 7 heteroatoms. The van der Waals surface area contributed by atoms with Crippen molar-refractivity contribution in [2.24, 2.45) is 0 Å². The van der Waals surface area contributed by atoms with Gasteiger partial charge in [-0.3, -0.25) is 9.36 Å². The van der Waals surface area contributed by atoms with Crippen LogP contribution in [-0.2, 0) is 4.79 Å². The number of nitrogens with one attached hydrogen (secondary N) is 1. The van der Waals surface area contributed by atoms with Gasteiger partial charge in [0.1, 0.15) is 0 Å². The SMILES string of the molecule is Cc1ccccc1NC(=O)CSc1nnc(-c2cccc(Cl)c2)n1-c1ccccc1. The highest BCUT2D eigenvalue weighted by Gasteiger charge is 2.17. The van der Waals surface area contributed by atoms with Gasteiger partial charge in [-0.05, 0) is 42.8 Å². The second kappa shape index (κ2) is 9.15. The van der Waals surface area contributed by atoms with E-state index in [4.69, 9.17) is 11.6 Å². The lowest BCUT2D eigenvalue weighted by molar-refractivity contribution is -0.113. The zero-order valence-corrected chi connectivity index (χ0v) is 17.8. The molecule has 0 atom stereocenters. The molecule has 3 aromatic carbocycles. The summed E-state index contributed by atoms with van der Waals surface area (Å²) < 4.78 is 1.94. The molecule has 0 saturated carbocycles. The van der Waals surface area contributed by atoms with E-state index in [0.29, 0.717) is 16.0 Å². The van der Waals surface area contributed by atoms with E-state index in [0.717, 1.165) is 22.5 Å². The van der Waals surface area contributed by atoms with Gasteiger partial charge in [-0.1, -0.05) is 71.9 Å². The molecule has 4 rings (SSSR count). The minimum atomic E-state index is -0.0961. The normalized spacial score (nSPS) is 10.7. The molecule has 4 aromatic rings. The number of benzene rings is 3. The van der Waals surface area contributed by atoms with E-state index in [1.165, 1.54) is 11.8 Å².